The van der Waals surface area contributed by atoms with Gasteiger partial charge in [0.05, 0.1) is 17.9 Å². The molecular formula is C9H15N5O2. The molecule has 0 aromatic carbocycles. The number of rotatable bonds is 4. The van der Waals surface area contributed by atoms with Crippen molar-refractivity contribution in [3.8, 4) is 0 Å². The molecule has 0 atom stereocenters. The predicted octanol–water partition coefficient (Wildman–Crippen LogP) is -0.888. The lowest BCUT2D eigenvalue weighted by atomic mass is 10.2. The van der Waals surface area contributed by atoms with Crippen molar-refractivity contribution in [2.24, 2.45) is 5.73 Å². The van der Waals surface area contributed by atoms with E-state index in [1.54, 1.807) is 0 Å². The fourth-order valence-electron chi connectivity index (χ4n) is 1.31. The molecule has 7 heteroatoms. The third-order valence-electron chi connectivity index (χ3n) is 2.18. The van der Waals surface area contributed by atoms with Crippen LogP contribution in [0.15, 0.2) is 0 Å². The maximum absolute atomic E-state index is 11.8. The van der Waals surface area contributed by atoms with E-state index in [9.17, 15) is 9.59 Å². The number of nitrogens with zero attached hydrogens (tertiary/aromatic N) is 2. The number of aromatic amines is 1. The Labute approximate surface area is 92.8 Å². The molecule has 0 unspecified atom stereocenters. The number of nitrogens with two attached hydrogens (primary N) is 2. The Kier molecular flexibility index (Phi) is 3.49. The molecule has 2 amide bonds. The van der Waals surface area contributed by atoms with Crippen molar-refractivity contribution < 1.29 is 9.59 Å². The minimum Gasteiger partial charge on any atom is -0.395 e. The second-order valence-electron chi connectivity index (χ2n) is 3.45. The second-order valence-corrected chi connectivity index (χ2v) is 3.45. The van der Waals surface area contributed by atoms with Crippen LogP contribution < -0.4 is 11.5 Å². The van der Waals surface area contributed by atoms with E-state index in [0.29, 0.717) is 17.8 Å². The molecule has 16 heavy (non-hydrogen) atoms. The molecular weight excluding hydrogens is 210 g/mol. The summed E-state index contributed by atoms with van der Waals surface area (Å²) in [5.74, 6) is -1.01. The van der Waals surface area contributed by atoms with Gasteiger partial charge in [0.15, 0.2) is 5.69 Å². The summed E-state index contributed by atoms with van der Waals surface area (Å²) in [7, 11) is 1.47. The molecule has 0 fully saturated rings. The Morgan fingerprint density at radius 1 is 1.50 bits per heavy atom. The predicted molar refractivity (Wildman–Crippen MR) is 58.5 cm³/mol. The van der Waals surface area contributed by atoms with Crippen LogP contribution in [0.3, 0.4) is 0 Å². The number of hydrogen-bond acceptors (Lipinski definition) is 4. The van der Waals surface area contributed by atoms with E-state index < -0.39 is 11.8 Å². The standard InChI is InChI=1S/C9H15N5O2/c1-3-5-7(11)8(13-12-5)9(16)14(2)4-6(10)15/h3-4,11H2,1-2H3,(H2,10,15)(H,12,13). The van der Waals surface area contributed by atoms with Crippen LogP contribution in [0.4, 0.5) is 5.69 Å². The second kappa shape index (κ2) is 4.65. The Morgan fingerprint density at radius 3 is 2.56 bits per heavy atom. The highest BCUT2D eigenvalue weighted by Crippen LogP contribution is 2.15. The van der Waals surface area contributed by atoms with E-state index in [1.807, 2.05) is 6.92 Å². The first-order chi connectivity index (χ1) is 7.47. The molecule has 88 valence electrons. The van der Waals surface area contributed by atoms with Crippen LogP contribution in [-0.2, 0) is 11.2 Å². The largest absolute Gasteiger partial charge is 0.395 e. The Morgan fingerprint density at radius 2 is 2.12 bits per heavy atom. The molecule has 0 spiro atoms. The number of likely N-dealkylation sites (N-methyl/N-ethyl adjacent to an activating group) is 1. The molecule has 1 rings (SSSR count). The molecule has 5 N–H and O–H groups in total. The molecule has 0 aliphatic heterocycles. The number of H-pyrrole nitrogens is 1. The molecule has 0 saturated carbocycles. The zero-order valence-electron chi connectivity index (χ0n) is 9.28. The van der Waals surface area contributed by atoms with Crippen molar-refractivity contribution >= 4 is 17.5 Å². The third-order valence-corrected chi connectivity index (χ3v) is 2.18. The summed E-state index contributed by atoms with van der Waals surface area (Å²) in [6.07, 6.45) is 0.658. The zero-order valence-corrected chi connectivity index (χ0v) is 9.28. The monoisotopic (exact) mass is 225 g/mol. The number of amides is 2. The van der Waals surface area contributed by atoms with E-state index in [4.69, 9.17) is 11.5 Å². The molecule has 0 radical (unpaired) electrons. The molecule has 1 aromatic heterocycles. The number of primary amides is 1. The molecule has 0 aliphatic rings. The molecule has 0 bridgehead atoms. The number of hydrogen-bond donors (Lipinski definition) is 3. The van der Waals surface area contributed by atoms with E-state index in [1.165, 1.54) is 11.9 Å². The van der Waals surface area contributed by atoms with Crippen molar-refractivity contribution in [1.29, 1.82) is 0 Å². The van der Waals surface area contributed by atoms with Crippen molar-refractivity contribution in [1.82, 2.24) is 15.1 Å². The number of aromatic nitrogens is 2. The van der Waals surface area contributed by atoms with Gasteiger partial charge in [-0.3, -0.25) is 14.7 Å². The smallest absolute Gasteiger partial charge is 0.276 e. The van der Waals surface area contributed by atoms with Crippen molar-refractivity contribution in [3.05, 3.63) is 11.4 Å². The first-order valence-corrected chi connectivity index (χ1v) is 4.83. The maximum atomic E-state index is 11.8. The summed E-state index contributed by atoms with van der Waals surface area (Å²) in [6, 6.07) is 0. The first-order valence-electron chi connectivity index (χ1n) is 4.83. The van der Waals surface area contributed by atoms with Crippen LogP contribution >= 0.6 is 0 Å². The lowest BCUT2D eigenvalue weighted by Crippen LogP contribution is -2.35. The normalized spacial score (nSPS) is 10.1. The molecule has 7 nitrogen and oxygen atoms in total. The van der Waals surface area contributed by atoms with Gasteiger partial charge >= 0.3 is 0 Å². The quantitative estimate of drug-likeness (QED) is 0.616. The molecule has 1 heterocycles. The van der Waals surface area contributed by atoms with E-state index in [2.05, 4.69) is 10.2 Å². The van der Waals surface area contributed by atoms with E-state index in [-0.39, 0.29) is 12.2 Å². The SMILES string of the molecule is CCc1[nH]nc(C(=O)N(C)CC(N)=O)c1N. The summed E-state index contributed by atoms with van der Waals surface area (Å²) < 4.78 is 0. The summed E-state index contributed by atoms with van der Waals surface area (Å²) in [6.45, 7) is 1.73. The van der Waals surface area contributed by atoms with Gasteiger partial charge in [0.1, 0.15) is 0 Å². The molecule has 0 aliphatic carbocycles. The highest BCUT2D eigenvalue weighted by Gasteiger charge is 2.20. The topological polar surface area (TPSA) is 118 Å². The van der Waals surface area contributed by atoms with Gasteiger partial charge in [0.2, 0.25) is 5.91 Å². The third kappa shape index (κ3) is 2.30. The number of anilines is 1. The zero-order chi connectivity index (χ0) is 12.3. The van der Waals surface area contributed by atoms with Gasteiger partial charge in [0, 0.05) is 7.05 Å². The summed E-state index contributed by atoms with van der Waals surface area (Å²) >= 11 is 0. The van der Waals surface area contributed by atoms with Crippen LogP contribution in [0.5, 0.6) is 0 Å². The van der Waals surface area contributed by atoms with Gasteiger partial charge in [-0.15, -0.1) is 0 Å². The average Bonchev–Trinajstić information content (AvgIpc) is 2.57. The number of carbonyl (C=O) groups excluding carboxylic acids is 2. The first kappa shape index (κ1) is 12.0. The van der Waals surface area contributed by atoms with Gasteiger partial charge in [-0.2, -0.15) is 5.10 Å². The Hall–Kier alpha value is -2.05. The highest BCUT2D eigenvalue weighted by atomic mass is 16.2. The number of carbonyl (C=O) groups is 2. The summed E-state index contributed by atoms with van der Waals surface area (Å²) in [4.78, 5) is 23.6. The molecule has 0 saturated heterocycles. The maximum Gasteiger partial charge on any atom is 0.276 e. The number of aryl methyl sites for hydroxylation is 1. The average molecular weight is 225 g/mol. The van der Waals surface area contributed by atoms with Crippen LogP contribution in [0.25, 0.3) is 0 Å². The Balaban J connectivity index is 2.87. The summed E-state index contributed by atoms with van der Waals surface area (Å²) in [5, 5.41) is 6.50. The van der Waals surface area contributed by atoms with Gasteiger partial charge in [0.25, 0.3) is 5.91 Å². The lowest BCUT2D eigenvalue weighted by molar-refractivity contribution is -0.118. The lowest BCUT2D eigenvalue weighted by Gasteiger charge is -2.13. The number of nitrogens with one attached hydrogen (secondary N) is 1. The van der Waals surface area contributed by atoms with Crippen LogP contribution in [0, 0.1) is 0 Å². The minimum absolute atomic E-state index is 0.126. The van der Waals surface area contributed by atoms with Crippen LogP contribution in [0.1, 0.15) is 23.1 Å². The fourth-order valence-corrected chi connectivity index (χ4v) is 1.31. The van der Waals surface area contributed by atoms with Crippen molar-refractivity contribution in [2.75, 3.05) is 19.3 Å². The van der Waals surface area contributed by atoms with Crippen molar-refractivity contribution in [3.63, 3.8) is 0 Å². The highest BCUT2D eigenvalue weighted by molar-refractivity contribution is 5.99. The number of nitrogen functional groups attached to an aromatic ring is 1. The molecule has 1 aromatic rings. The fraction of sp³-hybridized carbons (Fsp3) is 0.444. The van der Waals surface area contributed by atoms with Crippen molar-refractivity contribution in [2.45, 2.75) is 13.3 Å². The van der Waals surface area contributed by atoms with Gasteiger partial charge in [-0.05, 0) is 6.42 Å². The summed E-state index contributed by atoms with van der Waals surface area (Å²) in [5.41, 5.74) is 11.9. The van der Waals surface area contributed by atoms with E-state index >= 15 is 0 Å². The van der Waals surface area contributed by atoms with E-state index in [0.717, 1.165) is 0 Å². The van der Waals surface area contributed by atoms with Crippen LogP contribution in [0.2, 0.25) is 0 Å². The van der Waals surface area contributed by atoms with Gasteiger partial charge in [-0.1, -0.05) is 6.92 Å². The Bertz CT molecular complexity index is 412. The van der Waals surface area contributed by atoms with Gasteiger partial charge in [-0.25, -0.2) is 0 Å². The van der Waals surface area contributed by atoms with Gasteiger partial charge < -0.3 is 16.4 Å². The minimum atomic E-state index is -0.583. The van der Waals surface area contributed by atoms with Crippen LogP contribution in [-0.4, -0.2) is 40.5 Å².